The number of ether oxygens (including phenoxy) is 1. The molecule has 1 saturated heterocycles. The van der Waals surface area contributed by atoms with Gasteiger partial charge in [0.15, 0.2) is 5.96 Å². The van der Waals surface area contributed by atoms with Crippen LogP contribution >= 0.6 is 11.8 Å². The van der Waals surface area contributed by atoms with Gasteiger partial charge in [0.1, 0.15) is 0 Å². The number of guanidine groups is 1. The number of unbranched alkanes of at least 4 members (excludes halogenated alkanes) is 1. The molecule has 0 aromatic carbocycles. The van der Waals surface area contributed by atoms with Gasteiger partial charge in [0.25, 0.3) is 0 Å². The highest BCUT2D eigenvalue weighted by Gasteiger charge is 2.17. The third kappa shape index (κ3) is 11.7. The zero-order chi connectivity index (χ0) is 18.4. The molecule has 0 saturated carbocycles. The summed E-state index contributed by atoms with van der Waals surface area (Å²) in [6, 6.07) is 0. The van der Waals surface area contributed by atoms with Crippen molar-refractivity contribution >= 4 is 27.7 Å². The van der Waals surface area contributed by atoms with Crippen LogP contribution in [0.15, 0.2) is 4.99 Å². The Hall–Kier alpha value is -0.510. The molecule has 148 valence electrons. The van der Waals surface area contributed by atoms with E-state index in [0.29, 0.717) is 19.0 Å². The molecule has 0 aromatic heterocycles. The number of nitrogens with one attached hydrogen (secondary N) is 3. The van der Waals surface area contributed by atoms with E-state index in [-0.39, 0.29) is 11.9 Å². The third-order valence-electron chi connectivity index (χ3n) is 3.84. The van der Waals surface area contributed by atoms with Crippen LogP contribution in [0.25, 0.3) is 0 Å². The molecule has 0 amide bonds. The molecule has 0 aliphatic carbocycles. The van der Waals surface area contributed by atoms with Crippen LogP contribution in [0.3, 0.4) is 0 Å². The molecular weight excluding hydrogens is 360 g/mol. The fraction of sp³-hybridized carbons (Fsp3) is 0.938. The van der Waals surface area contributed by atoms with Gasteiger partial charge >= 0.3 is 0 Å². The Bertz CT molecular complexity index is 466. The summed E-state index contributed by atoms with van der Waals surface area (Å²) >= 11 is 1.84. The Morgan fingerprint density at radius 3 is 2.80 bits per heavy atom. The highest BCUT2D eigenvalue weighted by atomic mass is 32.2. The molecule has 0 aromatic rings. The van der Waals surface area contributed by atoms with Crippen LogP contribution in [-0.4, -0.2) is 71.0 Å². The first-order valence-corrected chi connectivity index (χ1v) is 12.2. The number of hydrogen-bond acceptors (Lipinski definition) is 5. The summed E-state index contributed by atoms with van der Waals surface area (Å²) in [4.78, 5) is 4.47. The van der Waals surface area contributed by atoms with Crippen molar-refractivity contribution in [3.8, 4) is 0 Å². The summed E-state index contributed by atoms with van der Waals surface area (Å²) in [5.74, 6) is 1.85. The number of hydrogen-bond donors (Lipinski definition) is 3. The first kappa shape index (κ1) is 22.5. The van der Waals surface area contributed by atoms with Crippen molar-refractivity contribution in [1.82, 2.24) is 15.4 Å². The van der Waals surface area contributed by atoms with E-state index in [1.54, 1.807) is 0 Å². The molecule has 1 rings (SSSR count). The van der Waals surface area contributed by atoms with E-state index in [9.17, 15) is 8.42 Å². The van der Waals surface area contributed by atoms with Gasteiger partial charge in [0, 0.05) is 32.8 Å². The predicted octanol–water partition coefficient (Wildman–Crippen LogP) is 1.17. The van der Waals surface area contributed by atoms with Crippen LogP contribution < -0.4 is 15.4 Å². The Morgan fingerprint density at radius 1 is 1.28 bits per heavy atom. The Kier molecular flexibility index (Phi) is 12.3. The van der Waals surface area contributed by atoms with Crippen LogP contribution in [0.5, 0.6) is 0 Å². The average Bonchev–Trinajstić information content (AvgIpc) is 2.60. The molecule has 1 atom stereocenters. The SMILES string of the molecule is CCNC(=NCCCCSC)NCCS(=O)(=O)NCC1CCCCO1. The molecule has 9 heteroatoms. The number of aliphatic imine (C=N–C) groups is 1. The van der Waals surface area contributed by atoms with Gasteiger partial charge in [-0.15, -0.1) is 0 Å². The number of rotatable bonds is 12. The molecule has 0 bridgehead atoms. The maximum Gasteiger partial charge on any atom is 0.213 e. The summed E-state index contributed by atoms with van der Waals surface area (Å²) in [6.07, 6.45) is 7.39. The second-order valence-corrected chi connectivity index (χ2v) is 8.96. The molecule has 1 aliphatic rings. The summed E-state index contributed by atoms with van der Waals surface area (Å²) in [7, 11) is -3.30. The van der Waals surface area contributed by atoms with Crippen LogP contribution in [0.4, 0.5) is 0 Å². The minimum Gasteiger partial charge on any atom is -0.377 e. The lowest BCUT2D eigenvalue weighted by molar-refractivity contribution is 0.0200. The molecule has 0 radical (unpaired) electrons. The summed E-state index contributed by atoms with van der Waals surface area (Å²) in [5.41, 5.74) is 0. The molecule has 1 unspecified atom stereocenters. The zero-order valence-corrected chi connectivity index (χ0v) is 17.2. The summed E-state index contributed by atoms with van der Waals surface area (Å²) in [5, 5.41) is 6.23. The quantitative estimate of drug-likeness (QED) is 0.261. The molecule has 1 fully saturated rings. The van der Waals surface area contributed by atoms with Crippen molar-refractivity contribution in [2.75, 3.05) is 50.5 Å². The van der Waals surface area contributed by atoms with Crippen LogP contribution in [0.2, 0.25) is 0 Å². The normalized spacial score (nSPS) is 19.0. The van der Waals surface area contributed by atoms with Crippen molar-refractivity contribution in [1.29, 1.82) is 0 Å². The standard InChI is InChI=1S/C16H34N4O3S2/c1-3-17-16(18-9-5-7-12-24-2)19-10-13-25(21,22)20-14-15-8-4-6-11-23-15/h15,20H,3-14H2,1-2H3,(H2,17,18,19). The molecule has 25 heavy (non-hydrogen) atoms. The molecule has 1 heterocycles. The van der Waals surface area contributed by atoms with Gasteiger partial charge in [-0.1, -0.05) is 0 Å². The van der Waals surface area contributed by atoms with E-state index in [2.05, 4.69) is 26.6 Å². The van der Waals surface area contributed by atoms with Gasteiger partial charge in [-0.2, -0.15) is 11.8 Å². The Labute approximate surface area is 157 Å². The molecule has 7 nitrogen and oxygen atoms in total. The Balaban J connectivity index is 2.26. The highest BCUT2D eigenvalue weighted by molar-refractivity contribution is 7.98. The van der Waals surface area contributed by atoms with E-state index in [4.69, 9.17) is 4.74 Å². The highest BCUT2D eigenvalue weighted by Crippen LogP contribution is 2.11. The fourth-order valence-electron chi connectivity index (χ4n) is 2.46. The third-order valence-corrected chi connectivity index (χ3v) is 5.88. The topological polar surface area (TPSA) is 91.8 Å². The lowest BCUT2D eigenvalue weighted by Gasteiger charge is -2.22. The van der Waals surface area contributed by atoms with E-state index in [1.165, 1.54) is 0 Å². The van der Waals surface area contributed by atoms with Crippen molar-refractivity contribution in [2.24, 2.45) is 4.99 Å². The number of thioether (sulfide) groups is 1. The van der Waals surface area contributed by atoms with Gasteiger partial charge < -0.3 is 15.4 Å². The predicted molar refractivity (Wildman–Crippen MR) is 107 cm³/mol. The van der Waals surface area contributed by atoms with Crippen molar-refractivity contribution in [2.45, 2.75) is 45.1 Å². The van der Waals surface area contributed by atoms with Gasteiger partial charge in [-0.3, -0.25) is 4.99 Å². The van der Waals surface area contributed by atoms with Crippen molar-refractivity contribution in [3.05, 3.63) is 0 Å². The van der Waals surface area contributed by atoms with Crippen LogP contribution in [0, 0.1) is 0 Å². The lowest BCUT2D eigenvalue weighted by atomic mass is 10.1. The van der Waals surface area contributed by atoms with Crippen molar-refractivity contribution in [3.63, 3.8) is 0 Å². The maximum atomic E-state index is 12.1. The van der Waals surface area contributed by atoms with E-state index in [0.717, 1.165) is 57.6 Å². The average molecular weight is 395 g/mol. The zero-order valence-electron chi connectivity index (χ0n) is 15.6. The van der Waals surface area contributed by atoms with Gasteiger partial charge in [0.2, 0.25) is 10.0 Å². The molecule has 1 aliphatic heterocycles. The van der Waals surface area contributed by atoms with Gasteiger partial charge in [-0.25, -0.2) is 13.1 Å². The van der Waals surface area contributed by atoms with E-state index < -0.39 is 10.0 Å². The smallest absolute Gasteiger partial charge is 0.213 e. The number of nitrogens with zero attached hydrogens (tertiary/aromatic N) is 1. The molecular formula is C16H34N4O3S2. The number of sulfonamides is 1. The lowest BCUT2D eigenvalue weighted by Crippen LogP contribution is -2.42. The maximum absolute atomic E-state index is 12.1. The van der Waals surface area contributed by atoms with E-state index >= 15 is 0 Å². The monoisotopic (exact) mass is 394 g/mol. The minimum atomic E-state index is -3.30. The van der Waals surface area contributed by atoms with E-state index in [1.807, 2.05) is 18.7 Å². The Morgan fingerprint density at radius 2 is 2.12 bits per heavy atom. The first-order chi connectivity index (χ1) is 12.1. The summed E-state index contributed by atoms with van der Waals surface area (Å²) in [6.45, 7) is 4.92. The second-order valence-electron chi connectivity index (χ2n) is 6.04. The largest absolute Gasteiger partial charge is 0.377 e. The first-order valence-electron chi connectivity index (χ1n) is 9.17. The molecule has 3 N–H and O–H groups in total. The second kappa shape index (κ2) is 13.7. The van der Waals surface area contributed by atoms with Crippen LogP contribution in [-0.2, 0) is 14.8 Å². The minimum absolute atomic E-state index is 0.0108. The fourth-order valence-corrected chi connectivity index (χ4v) is 3.90. The summed E-state index contributed by atoms with van der Waals surface area (Å²) < 4.78 is 32.3. The van der Waals surface area contributed by atoms with Gasteiger partial charge in [0.05, 0.1) is 11.9 Å². The van der Waals surface area contributed by atoms with Crippen molar-refractivity contribution < 1.29 is 13.2 Å². The van der Waals surface area contributed by atoms with Crippen LogP contribution in [0.1, 0.15) is 39.0 Å². The van der Waals surface area contributed by atoms with Gasteiger partial charge in [-0.05, 0) is 51.0 Å². The molecule has 0 spiro atoms.